The lowest BCUT2D eigenvalue weighted by Gasteiger charge is -2.11. The molecule has 0 aliphatic heterocycles. The van der Waals surface area contributed by atoms with Crippen molar-refractivity contribution in [1.29, 1.82) is 0 Å². The van der Waals surface area contributed by atoms with E-state index in [1.807, 2.05) is 37.3 Å². The minimum atomic E-state index is -0.258. The van der Waals surface area contributed by atoms with Gasteiger partial charge in [0.25, 0.3) is 0 Å². The number of rotatable bonds is 8. The van der Waals surface area contributed by atoms with Gasteiger partial charge in [0.15, 0.2) is 0 Å². The third-order valence-corrected chi connectivity index (χ3v) is 2.99. The first-order valence-electron chi connectivity index (χ1n) is 7.16. The SMILES string of the molecule is CCCCCCC(C)OC(=O)/C=C/c1ccccc1. The maximum absolute atomic E-state index is 11.6. The highest BCUT2D eigenvalue weighted by Gasteiger charge is 2.06. The molecule has 1 atom stereocenters. The molecule has 1 aromatic carbocycles. The smallest absolute Gasteiger partial charge is 0.331 e. The Morgan fingerprint density at radius 3 is 2.63 bits per heavy atom. The Kier molecular flexibility index (Phi) is 7.64. The normalized spacial score (nSPS) is 12.5. The van der Waals surface area contributed by atoms with Crippen molar-refractivity contribution in [2.45, 2.75) is 52.1 Å². The third-order valence-electron chi connectivity index (χ3n) is 2.99. The van der Waals surface area contributed by atoms with Crippen LogP contribution in [0.2, 0.25) is 0 Å². The minimum Gasteiger partial charge on any atom is -0.460 e. The molecule has 0 saturated carbocycles. The fraction of sp³-hybridized carbons (Fsp3) is 0.471. The van der Waals surface area contributed by atoms with E-state index in [0.717, 1.165) is 18.4 Å². The van der Waals surface area contributed by atoms with Crippen LogP contribution in [0.1, 0.15) is 51.5 Å². The van der Waals surface area contributed by atoms with Crippen LogP contribution in [0.4, 0.5) is 0 Å². The molecule has 0 bridgehead atoms. The number of ether oxygens (including phenoxy) is 1. The first-order valence-corrected chi connectivity index (χ1v) is 7.16. The number of esters is 1. The molecule has 19 heavy (non-hydrogen) atoms. The van der Waals surface area contributed by atoms with Gasteiger partial charge in [0.1, 0.15) is 0 Å². The van der Waals surface area contributed by atoms with Crippen molar-refractivity contribution in [2.24, 2.45) is 0 Å². The predicted molar refractivity (Wildman–Crippen MR) is 79.8 cm³/mol. The molecule has 0 amide bonds. The number of unbranched alkanes of at least 4 members (excludes halogenated alkanes) is 3. The first kappa shape index (κ1) is 15.5. The Balaban J connectivity index is 2.25. The van der Waals surface area contributed by atoms with Gasteiger partial charge in [0.05, 0.1) is 6.10 Å². The zero-order valence-corrected chi connectivity index (χ0v) is 12.0. The Morgan fingerprint density at radius 2 is 1.95 bits per heavy atom. The lowest BCUT2D eigenvalue weighted by Crippen LogP contribution is -2.12. The van der Waals surface area contributed by atoms with Gasteiger partial charge in [0, 0.05) is 6.08 Å². The fourth-order valence-electron chi connectivity index (χ4n) is 1.88. The standard InChI is InChI=1S/C17H24O2/c1-3-4-5-7-10-15(2)19-17(18)14-13-16-11-8-6-9-12-16/h6,8-9,11-15H,3-5,7,10H2,1-2H3/b14-13+. The second-order valence-corrected chi connectivity index (χ2v) is 4.84. The van der Waals surface area contributed by atoms with Gasteiger partial charge in [-0.15, -0.1) is 0 Å². The molecule has 0 saturated heterocycles. The van der Waals surface area contributed by atoms with Crippen LogP contribution in [0.3, 0.4) is 0 Å². The summed E-state index contributed by atoms with van der Waals surface area (Å²) in [5.74, 6) is -0.258. The van der Waals surface area contributed by atoms with E-state index in [1.54, 1.807) is 6.08 Å². The van der Waals surface area contributed by atoms with Gasteiger partial charge >= 0.3 is 5.97 Å². The average Bonchev–Trinajstić information content (AvgIpc) is 2.42. The number of hydrogen-bond donors (Lipinski definition) is 0. The van der Waals surface area contributed by atoms with E-state index in [0.29, 0.717) is 0 Å². The van der Waals surface area contributed by atoms with Crippen LogP contribution in [0, 0.1) is 0 Å². The van der Waals surface area contributed by atoms with Crippen LogP contribution in [-0.4, -0.2) is 12.1 Å². The summed E-state index contributed by atoms with van der Waals surface area (Å²) >= 11 is 0. The van der Waals surface area contributed by atoms with Crippen molar-refractivity contribution < 1.29 is 9.53 Å². The van der Waals surface area contributed by atoms with Crippen molar-refractivity contribution in [2.75, 3.05) is 0 Å². The summed E-state index contributed by atoms with van der Waals surface area (Å²) in [4.78, 5) is 11.6. The number of benzene rings is 1. The van der Waals surface area contributed by atoms with Gasteiger partial charge in [-0.25, -0.2) is 4.79 Å². The van der Waals surface area contributed by atoms with Crippen LogP contribution in [0.25, 0.3) is 6.08 Å². The summed E-state index contributed by atoms with van der Waals surface area (Å²) in [6, 6.07) is 9.76. The monoisotopic (exact) mass is 260 g/mol. The van der Waals surface area contributed by atoms with Crippen molar-refractivity contribution in [1.82, 2.24) is 0 Å². The first-order chi connectivity index (χ1) is 9.22. The van der Waals surface area contributed by atoms with E-state index in [-0.39, 0.29) is 12.1 Å². The van der Waals surface area contributed by atoms with E-state index in [4.69, 9.17) is 4.74 Å². The van der Waals surface area contributed by atoms with Gasteiger partial charge in [-0.2, -0.15) is 0 Å². The van der Waals surface area contributed by atoms with Crippen LogP contribution in [-0.2, 0) is 9.53 Å². The quantitative estimate of drug-likeness (QED) is 0.388. The number of carbonyl (C=O) groups excluding carboxylic acids is 1. The molecule has 0 radical (unpaired) electrons. The molecular formula is C17H24O2. The zero-order chi connectivity index (χ0) is 13.9. The second-order valence-electron chi connectivity index (χ2n) is 4.84. The maximum atomic E-state index is 11.6. The van der Waals surface area contributed by atoms with Crippen molar-refractivity contribution >= 4 is 12.0 Å². The van der Waals surface area contributed by atoms with Crippen LogP contribution < -0.4 is 0 Å². The lowest BCUT2D eigenvalue weighted by molar-refractivity contribution is -0.142. The predicted octanol–water partition coefficient (Wildman–Crippen LogP) is 4.60. The highest BCUT2D eigenvalue weighted by atomic mass is 16.5. The van der Waals surface area contributed by atoms with E-state index in [9.17, 15) is 4.79 Å². The van der Waals surface area contributed by atoms with Gasteiger partial charge in [-0.05, 0) is 31.4 Å². The fourth-order valence-corrected chi connectivity index (χ4v) is 1.88. The van der Waals surface area contributed by atoms with Gasteiger partial charge in [0.2, 0.25) is 0 Å². The lowest BCUT2D eigenvalue weighted by atomic mass is 10.1. The van der Waals surface area contributed by atoms with Crippen molar-refractivity contribution in [3.63, 3.8) is 0 Å². The van der Waals surface area contributed by atoms with Gasteiger partial charge in [-0.3, -0.25) is 0 Å². The number of hydrogen-bond acceptors (Lipinski definition) is 2. The van der Waals surface area contributed by atoms with E-state index < -0.39 is 0 Å². The van der Waals surface area contributed by atoms with Crippen LogP contribution in [0.5, 0.6) is 0 Å². The van der Waals surface area contributed by atoms with E-state index >= 15 is 0 Å². The highest BCUT2D eigenvalue weighted by Crippen LogP contribution is 2.08. The summed E-state index contributed by atoms with van der Waals surface area (Å²) in [5.41, 5.74) is 1.01. The molecule has 0 spiro atoms. The van der Waals surface area contributed by atoms with Crippen LogP contribution in [0.15, 0.2) is 36.4 Å². The Labute approximate surface area is 116 Å². The van der Waals surface area contributed by atoms with Crippen molar-refractivity contribution in [3.8, 4) is 0 Å². The van der Waals surface area contributed by atoms with Crippen LogP contribution >= 0.6 is 0 Å². The molecule has 0 heterocycles. The van der Waals surface area contributed by atoms with E-state index in [2.05, 4.69) is 6.92 Å². The summed E-state index contributed by atoms with van der Waals surface area (Å²) in [6.45, 7) is 4.15. The summed E-state index contributed by atoms with van der Waals surface area (Å²) in [7, 11) is 0. The maximum Gasteiger partial charge on any atom is 0.331 e. The van der Waals surface area contributed by atoms with Gasteiger partial charge in [-0.1, -0.05) is 56.5 Å². The molecule has 0 aliphatic carbocycles. The highest BCUT2D eigenvalue weighted by molar-refractivity contribution is 5.87. The molecule has 0 aliphatic rings. The summed E-state index contributed by atoms with van der Waals surface area (Å²) in [6.07, 6.45) is 9.07. The van der Waals surface area contributed by atoms with E-state index in [1.165, 1.54) is 25.3 Å². The van der Waals surface area contributed by atoms with Crippen molar-refractivity contribution in [3.05, 3.63) is 42.0 Å². The Morgan fingerprint density at radius 1 is 1.21 bits per heavy atom. The molecule has 1 aromatic rings. The molecule has 0 aromatic heterocycles. The minimum absolute atomic E-state index is 0.00443. The van der Waals surface area contributed by atoms with Gasteiger partial charge < -0.3 is 4.74 Å². The summed E-state index contributed by atoms with van der Waals surface area (Å²) < 4.78 is 5.33. The second kappa shape index (κ2) is 9.37. The largest absolute Gasteiger partial charge is 0.460 e. The summed E-state index contributed by atoms with van der Waals surface area (Å²) in [5, 5.41) is 0. The number of carbonyl (C=O) groups is 1. The molecule has 104 valence electrons. The molecule has 0 N–H and O–H groups in total. The Hall–Kier alpha value is -1.57. The molecule has 2 heteroatoms. The molecule has 1 unspecified atom stereocenters. The average molecular weight is 260 g/mol. The molecule has 1 rings (SSSR count). The molecule has 2 nitrogen and oxygen atoms in total. The zero-order valence-electron chi connectivity index (χ0n) is 12.0. The molecular weight excluding hydrogens is 236 g/mol. The third kappa shape index (κ3) is 7.45. The molecule has 0 fully saturated rings. The topological polar surface area (TPSA) is 26.3 Å². The Bertz CT molecular complexity index is 382.